The molecular formula is C18H25N5O3. The predicted molar refractivity (Wildman–Crippen MR) is 94.2 cm³/mol. The van der Waals surface area contributed by atoms with Crippen LogP contribution in [0.4, 0.5) is 0 Å². The number of nitrogens with zero attached hydrogens (tertiary/aromatic N) is 3. The van der Waals surface area contributed by atoms with Crippen molar-refractivity contribution in [3.8, 4) is 5.75 Å². The third-order valence-electron chi connectivity index (χ3n) is 5.36. The number of rotatable bonds is 5. The first kappa shape index (κ1) is 17.1. The summed E-state index contributed by atoms with van der Waals surface area (Å²) in [5.41, 5.74) is 1.56. The van der Waals surface area contributed by atoms with E-state index in [-0.39, 0.29) is 18.1 Å². The molecule has 26 heavy (non-hydrogen) atoms. The number of carbonyl (C=O) groups excluding carboxylic acids is 1. The van der Waals surface area contributed by atoms with Gasteiger partial charge in [-0.25, -0.2) is 0 Å². The molecule has 0 unspecified atom stereocenters. The van der Waals surface area contributed by atoms with Crippen LogP contribution in [0.5, 0.6) is 5.75 Å². The standard InChI is InChI=1S/C18H25N5O3/c1-12-15(11-21-23(12)13-5-7-25-8-6-13)18(24)22-16-3-2-4-17(16)26-14-9-19-20-10-14/h9-11,13,16-17H,2-8H2,1H3,(H,19,20)(H,22,24)/t16-,17+/m0/s1. The van der Waals surface area contributed by atoms with Gasteiger partial charge in [-0.3, -0.25) is 14.6 Å². The summed E-state index contributed by atoms with van der Waals surface area (Å²) in [5, 5.41) is 14.3. The number of hydrogen-bond donors (Lipinski definition) is 2. The van der Waals surface area contributed by atoms with Crippen molar-refractivity contribution in [2.24, 2.45) is 0 Å². The highest BCUT2D eigenvalue weighted by atomic mass is 16.5. The summed E-state index contributed by atoms with van der Waals surface area (Å²) in [7, 11) is 0. The molecule has 0 bridgehead atoms. The normalized spacial score (nSPS) is 23.9. The fourth-order valence-electron chi connectivity index (χ4n) is 3.90. The Morgan fingerprint density at radius 1 is 1.31 bits per heavy atom. The van der Waals surface area contributed by atoms with Gasteiger partial charge in [-0.15, -0.1) is 0 Å². The van der Waals surface area contributed by atoms with Gasteiger partial charge in [0.25, 0.3) is 5.91 Å². The molecule has 2 atom stereocenters. The Hall–Kier alpha value is -2.35. The fourth-order valence-corrected chi connectivity index (χ4v) is 3.90. The van der Waals surface area contributed by atoms with E-state index < -0.39 is 0 Å². The molecule has 0 aromatic carbocycles. The van der Waals surface area contributed by atoms with Crippen molar-refractivity contribution >= 4 is 5.91 Å². The van der Waals surface area contributed by atoms with Gasteiger partial charge in [0.2, 0.25) is 0 Å². The summed E-state index contributed by atoms with van der Waals surface area (Å²) >= 11 is 0. The van der Waals surface area contributed by atoms with Crippen LogP contribution >= 0.6 is 0 Å². The smallest absolute Gasteiger partial charge is 0.255 e. The second-order valence-corrected chi connectivity index (χ2v) is 7.03. The molecule has 1 saturated heterocycles. The lowest BCUT2D eigenvalue weighted by atomic mass is 10.1. The number of carbonyl (C=O) groups is 1. The van der Waals surface area contributed by atoms with Crippen LogP contribution < -0.4 is 10.1 Å². The lowest BCUT2D eigenvalue weighted by Gasteiger charge is -2.24. The Balaban J connectivity index is 1.42. The van der Waals surface area contributed by atoms with E-state index in [0.29, 0.717) is 17.4 Å². The van der Waals surface area contributed by atoms with Crippen LogP contribution in [0.25, 0.3) is 0 Å². The number of aromatic nitrogens is 4. The molecule has 1 saturated carbocycles. The Bertz CT molecular complexity index is 736. The average molecular weight is 359 g/mol. The van der Waals surface area contributed by atoms with Gasteiger partial charge in [-0.05, 0) is 39.0 Å². The minimum atomic E-state index is -0.0755. The summed E-state index contributed by atoms with van der Waals surface area (Å²) in [5.74, 6) is 0.633. The molecule has 8 heteroatoms. The summed E-state index contributed by atoms with van der Waals surface area (Å²) < 4.78 is 13.3. The van der Waals surface area contributed by atoms with E-state index in [9.17, 15) is 4.79 Å². The number of hydrogen-bond acceptors (Lipinski definition) is 5. The van der Waals surface area contributed by atoms with Gasteiger partial charge >= 0.3 is 0 Å². The highest BCUT2D eigenvalue weighted by Gasteiger charge is 2.32. The van der Waals surface area contributed by atoms with Gasteiger partial charge in [0.05, 0.1) is 36.2 Å². The van der Waals surface area contributed by atoms with Crippen LogP contribution in [0.1, 0.15) is 54.2 Å². The van der Waals surface area contributed by atoms with Gasteiger partial charge in [0, 0.05) is 18.9 Å². The van der Waals surface area contributed by atoms with Crippen molar-refractivity contribution in [1.29, 1.82) is 0 Å². The molecule has 140 valence electrons. The number of amides is 1. The first-order valence-corrected chi connectivity index (χ1v) is 9.30. The molecule has 1 amide bonds. The zero-order valence-corrected chi connectivity index (χ0v) is 15.0. The lowest BCUT2D eigenvalue weighted by molar-refractivity contribution is 0.0656. The SMILES string of the molecule is Cc1c(C(=O)N[C@H]2CCC[C@H]2Oc2cn[nH]c2)cnn1C1CCOCC1. The quantitative estimate of drug-likeness (QED) is 0.851. The number of nitrogens with one attached hydrogen (secondary N) is 2. The second-order valence-electron chi connectivity index (χ2n) is 7.03. The average Bonchev–Trinajstić information content (AvgIpc) is 3.39. The zero-order valence-electron chi connectivity index (χ0n) is 15.0. The number of H-pyrrole nitrogens is 1. The van der Waals surface area contributed by atoms with E-state index in [4.69, 9.17) is 9.47 Å². The maximum Gasteiger partial charge on any atom is 0.255 e. The highest BCUT2D eigenvalue weighted by Crippen LogP contribution is 2.26. The van der Waals surface area contributed by atoms with E-state index >= 15 is 0 Å². The maximum absolute atomic E-state index is 12.8. The lowest BCUT2D eigenvalue weighted by Crippen LogP contribution is -2.42. The topological polar surface area (TPSA) is 94.1 Å². The molecule has 2 aromatic heterocycles. The minimum Gasteiger partial charge on any atom is -0.485 e. The van der Waals surface area contributed by atoms with Crippen molar-refractivity contribution in [2.45, 2.75) is 57.2 Å². The Labute approximate surface area is 152 Å². The van der Waals surface area contributed by atoms with Crippen molar-refractivity contribution in [1.82, 2.24) is 25.3 Å². The molecular weight excluding hydrogens is 334 g/mol. The predicted octanol–water partition coefficient (Wildman–Crippen LogP) is 2.00. The monoisotopic (exact) mass is 359 g/mol. The summed E-state index contributed by atoms with van der Waals surface area (Å²) in [6.07, 6.45) is 9.78. The van der Waals surface area contributed by atoms with Gasteiger partial charge in [0.15, 0.2) is 5.75 Å². The van der Waals surface area contributed by atoms with Crippen LogP contribution in [0.3, 0.4) is 0 Å². The van der Waals surface area contributed by atoms with Crippen molar-refractivity contribution in [2.75, 3.05) is 13.2 Å². The molecule has 3 heterocycles. The highest BCUT2D eigenvalue weighted by molar-refractivity contribution is 5.95. The molecule has 0 spiro atoms. The largest absolute Gasteiger partial charge is 0.485 e. The van der Waals surface area contributed by atoms with E-state index in [1.807, 2.05) is 11.6 Å². The van der Waals surface area contributed by atoms with Crippen molar-refractivity contribution in [3.05, 3.63) is 29.8 Å². The van der Waals surface area contributed by atoms with Crippen LogP contribution in [-0.4, -0.2) is 51.2 Å². The number of ether oxygens (including phenoxy) is 2. The third-order valence-corrected chi connectivity index (χ3v) is 5.36. The van der Waals surface area contributed by atoms with Crippen LogP contribution in [-0.2, 0) is 4.74 Å². The summed E-state index contributed by atoms with van der Waals surface area (Å²) in [6, 6.07) is 0.317. The summed E-state index contributed by atoms with van der Waals surface area (Å²) in [6.45, 7) is 3.46. The minimum absolute atomic E-state index is 0.00299. The fraction of sp³-hybridized carbons (Fsp3) is 0.611. The van der Waals surface area contributed by atoms with Crippen molar-refractivity contribution in [3.63, 3.8) is 0 Å². The molecule has 1 aliphatic carbocycles. The molecule has 1 aliphatic heterocycles. The molecule has 0 radical (unpaired) electrons. The van der Waals surface area contributed by atoms with Crippen molar-refractivity contribution < 1.29 is 14.3 Å². The summed E-state index contributed by atoms with van der Waals surface area (Å²) in [4.78, 5) is 12.8. The molecule has 2 N–H and O–H groups in total. The first-order valence-electron chi connectivity index (χ1n) is 9.30. The van der Waals surface area contributed by atoms with Gasteiger partial charge in [-0.1, -0.05) is 0 Å². The number of aromatic amines is 1. The zero-order chi connectivity index (χ0) is 17.9. The van der Waals surface area contributed by atoms with E-state index in [0.717, 1.165) is 51.0 Å². The molecule has 4 rings (SSSR count). The molecule has 2 fully saturated rings. The first-order chi connectivity index (χ1) is 12.7. The van der Waals surface area contributed by atoms with E-state index in [1.165, 1.54) is 0 Å². The van der Waals surface area contributed by atoms with Gasteiger partial charge < -0.3 is 14.8 Å². The van der Waals surface area contributed by atoms with Crippen LogP contribution in [0.2, 0.25) is 0 Å². The Morgan fingerprint density at radius 3 is 2.92 bits per heavy atom. The Kier molecular flexibility index (Phi) is 4.92. The van der Waals surface area contributed by atoms with Gasteiger partial charge in [-0.2, -0.15) is 10.2 Å². The van der Waals surface area contributed by atoms with E-state index in [1.54, 1.807) is 18.6 Å². The third kappa shape index (κ3) is 3.46. The molecule has 8 nitrogen and oxygen atoms in total. The van der Waals surface area contributed by atoms with Crippen LogP contribution in [0, 0.1) is 6.92 Å². The molecule has 2 aliphatic rings. The van der Waals surface area contributed by atoms with Crippen LogP contribution in [0.15, 0.2) is 18.6 Å². The molecule has 2 aromatic rings. The maximum atomic E-state index is 12.8. The van der Waals surface area contributed by atoms with Gasteiger partial charge in [0.1, 0.15) is 6.10 Å². The van der Waals surface area contributed by atoms with E-state index in [2.05, 4.69) is 20.6 Å². The Morgan fingerprint density at radius 2 is 2.15 bits per heavy atom. The second kappa shape index (κ2) is 7.49.